The van der Waals surface area contributed by atoms with Crippen LogP contribution in [0.2, 0.25) is 0 Å². The van der Waals surface area contributed by atoms with Gasteiger partial charge in [-0.1, -0.05) is 29.8 Å². The van der Waals surface area contributed by atoms with Crippen molar-refractivity contribution in [3.05, 3.63) is 53.3 Å². The van der Waals surface area contributed by atoms with Gasteiger partial charge >= 0.3 is 5.97 Å². The molecule has 1 aromatic heterocycles. The summed E-state index contributed by atoms with van der Waals surface area (Å²) in [5.41, 5.74) is 1.85. The van der Waals surface area contributed by atoms with Crippen molar-refractivity contribution >= 4 is 16.0 Å². The lowest BCUT2D eigenvalue weighted by molar-refractivity contribution is 0.0686. The van der Waals surface area contributed by atoms with Gasteiger partial charge in [0, 0.05) is 19.8 Å². The number of carboxylic acid groups (broad SMARTS) is 1. The molecular formula is C14H16N2O4S. The zero-order chi connectivity index (χ0) is 15.6. The molecule has 0 saturated carbocycles. The Morgan fingerprint density at radius 3 is 2.43 bits per heavy atom. The van der Waals surface area contributed by atoms with E-state index >= 15 is 0 Å². The fourth-order valence-corrected chi connectivity index (χ4v) is 2.95. The SMILES string of the molecule is Cc1ccc(CNS(=O)(=O)c2cc(C(=O)O)n(C)c2)cc1. The number of nitrogens with one attached hydrogen (secondary N) is 1. The minimum absolute atomic E-state index is 0.0606. The number of nitrogens with zero attached hydrogens (tertiary/aromatic N) is 1. The zero-order valence-corrected chi connectivity index (χ0v) is 12.5. The summed E-state index contributed by atoms with van der Waals surface area (Å²) in [5, 5.41) is 8.94. The molecule has 6 nitrogen and oxygen atoms in total. The van der Waals surface area contributed by atoms with E-state index in [1.807, 2.05) is 31.2 Å². The van der Waals surface area contributed by atoms with Gasteiger partial charge in [0.15, 0.2) is 0 Å². The standard InChI is InChI=1S/C14H16N2O4S/c1-10-3-5-11(6-4-10)8-15-21(19,20)12-7-13(14(17)18)16(2)9-12/h3-7,9,15H,8H2,1-2H3,(H,17,18). The molecule has 2 rings (SSSR count). The lowest BCUT2D eigenvalue weighted by Crippen LogP contribution is -2.22. The van der Waals surface area contributed by atoms with Gasteiger partial charge in [-0.25, -0.2) is 17.9 Å². The minimum Gasteiger partial charge on any atom is -0.477 e. The van der Waals surface area contributed by atoms with Crippen molar-refractivity contribution in [2.75, 3.05) is 0 Å². The first-order valence-corrected chi connectivity index (χ1v) is 7.73. The molecule has 1 heterocycles. The molecule has 0 unspecified atom stereocenters. The maximum atomic E-state index is 12.1. The number of benzene rings is 1. The zero-order valence-electron chi connectivity index (χ0n) is 11.7. The highest BCUT2D eigenvalue weighted by molar-refractivity contribution is 7.89. The van der Waals surface area contributed by atoms with E-state index in [0.29, 0.717) is 0 Å². The molecule has 0 saturated heterocycles. The highest BCUT2D eigenvalue weighted by Gasteiger charge is 2.19. The summed E-state index contributed by atoms with van der Waals surface area (Å²) in [6.07, 6.45) is 1.28. The van der Waals surface area contributed by atoms with Gasteiger partial charge in [-0.05, 0) is 18.6 Å². The number of aromatic nitrogens is 1. The molecule has 7 heteroatoms. The van der Waals surface area contributed by atoms with Crippen LogP contribution in [0.4, 0.5) is 0 Å². The number of aromatic carboxylic acids is 1. The van der Waals surface area contributed by atoms with Crippen LogP contribution in [-0.2, 0) is 23.6 Å². The summed E-state index contributed by atoms with van der Waals surface area (Å²) in [7, 11) is -2.25. The quantitative estimate of drug-likeness (QED) is 0.876. The number of rotatable bonds is 5. The van der Waals surface area contributed by atoms with Crippen molar-refractivity contribution in [2.24, 2.45) is 7.05 Å². The Kier molecular flexibility index (Phi) is 4.15. The van der Waals surface area contributed by atoms with Gasteiger partial charge in [0.2, 0.25) is 10.0 Å². The molecule has 0 aliphatic heterocycles. The van der Waals surface area contributed by atoms with Gasteiger partial charge in [0.1, 0.15) is 10.6 Å². The van der Waals surface area contributed by atoms with Crippen LogP contribution >= 0.6 is 0 Å². The topological polar surface area (TPSA) is 88.4 Å². The van der Waals surface area contributed by atoms with E-state index < -0.39 is 16.0 Å². The number of aryl methyl sites for hydroxylation is 2. The highest BCUT2D eigenvalue weighted by atomic mass is 32.2. The summed E-state index contributed by atoms with van der Waals surface area (Å²) in [6.45, 7) is 2.10. The Morgan fingerprint density at radius 1 is 1.29 bits per heavy atom. The summed E-state index contributed by atoms with van der Waals surface area (Å²) < 4.78 is 28.0. The summed E-state index contributed by atoms with van der Waals surface area (Å²) in [5.74, 6) is -1.17. The Hall–Kier alpha value is -2.12. The lowest BCUT2D eigenvalue weighted by Gasteiger charge is -2.05. The molecule has 0 atom stereocenters. The summed E-state index contributed by atoms with van der Waals surface area (Å²) in [6, 6.07) is 8.61. The Bertz CT molecular complexity index is 761. The third-order valence-electron chi connectivity index (χ3n) is 3.10. The molecule has 112 valence electrons. The van der Waals surface area contributed by atoms with Crippen LogP contribution in [-0.4, -0.2) is 24.1 Å². The van der Waals surface area contributed by atoms with Crippen LogP contribution in [0.5, 0.6) is 0 Å². The highest BCUT2D eigenvalue weighted by Crippen LogP contribution is 2.14. The first-order valence-electron chi connectivity index (χ1n) is 6.24. The minimum atomic E-state index is -3.74. The van der Waals surface area contributed by atoms with E-state index in [-0.39, 0.29) is 17.1 Å². The number of hydrogen-bond donors (Lipinski definition) is 2. The van der Waals surface area contributed by atoms with E-state index in [4.69, 9.17) is 5.11 Å². The van der Waals surface area contributed by atoms with Gasteiger partial charge in [0.25, 0.3) is 0 Å². The maximum absolute atomic E-state index is 12.1. The molecule has 0 amide bonds. The third-order valence-corrected chi connectivity index (χ3v) is 4.46. The van der Waals surface area contributed by atoms with Gasteiger partial charge in [-0.3, -0.25) is 0 Å². The van der Waals surface area contributed by atoms with E-state index in [1.165, 1.54) is 17.8 Å². The van der Waals surface area contributed by atoms with E-state index in [9.17, 15) is 13.2 Å². The summed E-state index contributed by atoms with van der Waals surface area (Å²) in [4.78, 5) is 10.9. The van der Waals surface area contributed by atoms with Crippen molar-refractivity contribution < 1.29 is 18.3 Å². The second-order valence-electron chi connectivity index (χ2n) is 4.79. The fraction of sp³-hybridized carbons (Fsp3) is 0.214. The van der Waals surface area contributed by atoms with Crippen molar-refractivity contribution in [3.63, 3.8) is 0 Å². The lowest BCUT2D eigenvalue weighted by atomic mass is 10.2. The maximum Gasteiger partial charge on any atom is 0.352 e. The fourth-order valence-electron chi connectivity index (χ4n) is 1.86. The average molecular weight is 308 g/mol. The van der Waals surface area contributed by atoms with Crippen molar-refractivity contribution in [1.29, 1.82) is 0 Å². The molecule has 2 aromatic rings. The van der Waals surface area contributed by atoms with E-state index in [2.05, 4.69) is 4.72 Å². The first-order chi connectivity index (χ1) is 9.79. The normalized spacial score (nSPS) is 11.5. The van der Waals surface area contributed by atoms with Crippen LogP contribution in [0.15, 0.2) is 41.4 Å². The number of hydrogen-bond acceptors (Lipinski definition) is 3. The van der Waals surface area contributed by atoms with Crippen LogP contribution in [0.1, 0.15) is 21.6 Å². The van der Waals surface area contributed by atoms with Gasteiger partial charge in [0.05, 0.1) is 0 Å². The largest absolute Gasteiger partial charge is 0.477 e. The predicted octanol–water partition coefficient (Wildman–Crippen LogP) is 1.51. The Morgan fingerprint density at radius 2 is 1.90 bits per heavy atom. The molecule has 0 spiro atoms. The van der Waals surface area contributed by atoms with Crippen LogP contribution in [0, 0.1) is 6.92 Å². The van der Waals surface area contributed by atoms with Gasteiger partial charge < -0.3 is 9.67 Å². The van der Waals surface area contributed by atoms with Crippen molar-refractivity contribution in [2.45, 2.75) is 18.4 Å². The average Bonchev–Trinajstić information content (AvgIpc) is 2.81. The Labute approximate surface area is 123 Å². The first kappa shape index (κ1) is 15.3. The molecular weight excluding hydrogens is 292 g/mol. The van der Waals surface area contributed by atoms with E-state index in [0.717, 1.165) is 17.2 Å². The second kappa shape index (κ2) is 5.71. The van der Waals surface area contributed by atoms with Gasteiger partial charge in [-0.15, -0.1) is 0 Å². The smallest absolute Gasteiger partial charge is 0.352 e. The molecule has 0 aliphatic carbocycles. The Balaban J connectivity index is 2.17. The monoisotopic (exact) mass is 308 g/mol. The summed E-state index contributed by atoms with van der Waals surface area (Å²) >= 11 is 0. The predicted molar refractivity (Wildman–Crippen MR) is 77.6 cm³/mol. The van der Waals surface area contributed by atoms with E-state index in [1.54, 1.807) is 0 Å². The molecule has 0 radical (unpaired) electrons. The number of carboxylic acids is 1. The number of sulfonamides is 1. The molecule has 2 N–H and O–H groups in total. The third kappa shape index (κ3) is 3.50. The molecule has 0 fully saturated rings. The molecule has 21 heavy (non-hydrogen) atoms. The van der Waals surface area contributed by atoms with Crippen LogP contribution < -0.4 is 4.72 Å². The molecule has 0 aliphatic rings. The molecule has 0 bridgehead atoms. The molecule has 1 aromatic carbocycles. The number of carbonyl (C=O) groups is 1. The van der Waals surface area contributed by atoms with Crippen LogP contribution in [0.3, 0.4) is 0 Å². The van der Waals surface area contributed by atoms with Crippen molar-refractivity contribution in [3.8, 4) is 0 Å². The van der Waals surface area contributed by atoms with Gasteiger partial charge in [-0.2, -0.15) is 0 Å². The van der Waals surface area contributed by atoms with Crippen LogP contribution in [0.25, 0.3) is 0 Å². The second-order valence-corrected chi connectivity index (χ2v) is 6.55. The van der Waals surface area contributed by atoms with Crippen molar-refractivity contribution in [1.82, 2.24) is 9.29 Å².